The molecule has 1 unspecified atom stereocenters. The van der Waals surface area contributed by atoms with Crippen LogP contribution in [0.5, 0.6) is 5.75 Å². The number of ether oxygens (including phenoxy) is 2. The largest absolute Gasteiger partial charge is 0.497 e. The number of hydrogen-bond acceptors (Lipinski definition) is 7. The maximum Gasteiger partial charge on any atom is 0.451 e. The lowest BCUT2D eigenvalue weighted by Gasteiger charge is -2.33. The van der Waals surface area contributed by atoms with Gasteiger partial charge < -0.3 is 19.7 Å². The van der Waals surface area contributed by atoms with Gasteiger partial charge in [0, 0.05) is 30.1 Å². The van der Waals surface area contributed by atoms with Crippen molar-refractivity contribution in [1.82, 2.24) is 25.2 Å². The van der Waals surface area contributed by atoms with Crippen LogP contribution in [0, 0.1) is 0 Å². The number of rotatable bonds is 5. The second-order valence-electron chi connectivity index (χ2n) is 7.96. The zero-order chi connectivity index (χ0) is 25.2. The fraction of sp³-hybridized carbons (Fsp3) is 0.409. The van der Waals surface area contributed by atoms with E-state index in [1.165, 1.54) is 5.01 Å². The van der Waals surface area contributed by atoms with Crippen LogP contribution in [0.1, 0.15) is 29.9 Å². The summed E-state index contributed by atoms with van der Waals surface area (Å²) in [6.45, 7) is 2.37. The van der Waals surface area contributed by atoms with Crippen LogP contribution in [-0.2, 0) is 15.7 Å². The van der Waals surface area contributed by atoms with Gasteiger partial charge in [0.1, 0.15) is 12.4 Å². The molecule has 13 heteroatoms. The molecule has 4 rings (SSSR count). The van der Waals surface area contributed by atoms with Crippen LogP contribution in [0.15, 0.2) is 41.8 Å². The Balaban J connectivity index is 1.53. The average molecular weight is 492 g/mol. The van der Waals surface area contributed by atoms with E-state index in [1.807, 2.05) is 0 Å². The normalized spacial score (nSPS) is 19.4. The van der Waals surface area contributed by atoms with Crippen molar-refractivity contribution in [2.45, 2.75) is 25.2 Å². The summed E-state index contributed by atoms with van der Waals surface area (Å²) in [5.74, 6) is -0.820. The molecule has 2 aliphatic rings. The van der Waals surface area contributed by atoms with Gasteiger partial charge in [-0.1, -0.05) is 0 Å². The van der Waals surface area contributed by atoms with Gasteiger partial charge in [-0.3, -0.25) is 4.79 Å². The van der Waals surface area contributed by atoms with Gasteiger partial charge in [0.25, 0.3) is 0 Å². The van der Waals surface area contributed by atoms with Gasteiger partial charge in [0.2, 0.25) is 11.7 Å². The first kappa shape index (κ1) is 24.4. The van der Waals surface area contributed by atoms with Gasteiger partial charge in [-0.05, 0) is 31.2 Å². The number of halogens is 3. The number of urea groups is 1. The topological polar surface area (TPSA) is 109 Å². The van der Waals surface area contributed by atoms with E-state index in [0.29, 0.717) is 30.2 Å². The van der Waals surface area contributed by atoms with Crippen molar-refractivity contribution < 1.29 is 32.2 Å². The van der Waals surface area contributed by atoms with Crippen LogP contribution >= 0.6 is 0 Å². The molecule has 186 valence electrons. The van der Waals surface area contributed by atoms with E-state index in [4.69, 9.17) is 9.47 Å². The molecule has 1 aromatic heterocycles. The summed E-state index contributed by atoms with van der Waals surface area (Å²) in [6.07, 6.45) is -2.61. The van der Waals surface area contributed by atoms with Crippen LogP contribution < -0.4 is 10.1 Å². The molecule has 0 radical (unpaired) electrons. The number of nitrogens with one attached hydrogen (secondary N) is 1. The first-order valence-electron chi connectivity index (χ1n) is 10.7. The highest BCUT2D eigenvalue weighted by Crippen LogP contribution is 2.26. The second-order valence-corrected chi connectivity index (χ2v) is 7.96. The van der Waals surface area contributed by atoms with E-state index in [2.05, 4.69) is 20.4 Å². The number of alkyl halides is 3. The molecular formula is C22H23F3N6O4. The van der Waals surface area contributed by atoms with E-state index in [1.54, 1.807) is 43.2 Å². The third-order valence-corrected chi connectivity index (χ3v) is 5.67. The van der Waals surface area contributed by atoms with Gasteiger partial charge in [-0.15, -0.1) is 0 Å². The fourth-order valence-corrected chi connectivity index (χ4v) is 3.78. The van der Waals surface area contributed by atoms with Crippen molar-refractivity contribution in [3.8, 4) is 5.75 Å². The maximum absolute atomic E-state index is 13.0. The molecule has 1 saturated heterocycles. The molecule has 10 nitrogen and oxygen atoms in total. The number of hydrazone groups is 1. The zero-order valence-electron chi connectivity index (χ0n) is 19.0. The molecule has 2 atom stereocenters. The number of carbonyl (C=O) groups excluding carboxylic acids is 2. The van der Waals surface area contributed by atoms with Gasteiger partial charge in [-0.25, -0.2) is 19.8 Å². The van der Waals surface area contributed by atoms with Crippen molar-refractivity contribution in [3.63, 3.8) is 0 Å². The first-order chi connectivity index (χ1) is 16.7. The van der Waals surface area contributed by atoms with Gasteiger partial charge >= 0.3 is 12.2 Å². The van der Waals surface area contributed by atoms with Gasteiger partial charge in [0.15, 0.2) is 0 Å². The molecule has 0 bridgehead atoms. The Labute approximate surface area is 198 Å². The summed E-state index contributed by atoms with van der Waals surface area (Å²) in [5.41, 5.74) is 1.54. The molecular weight excluding hydrogens is 469 g/mol. The number of carbonyl (C=O) groups is 2. The molecule has 2 aromatic rings. The number of aromatic nitrogens is 2. The summed E-state index contributed by atoms with van der Waals surface area (Å²) >= 11 is 0. The van der Waals surface area contributed by atoms with Gasteiger partial charge in [0.05, 0.1) is 38.1 Å². The lowest BCUT2D eigenvalue weighted by atomic mass is 10.0. The van der Waals surface area contributed by atoms with E-state index >= 15 is 0 Å². The van der Waals surface area contributed by atoms with Crippen molar-refractivity contribution in [2.24, 2.45) is 5.10 Å². The van der Waals surface area contributed by atoms with Crippen LogP contribution in [-0.4, -0.2) is 77.0 Å². The molecule has 0 aliphatic carbocycles. The Morgan fingerprint density at radius 2 is 1.91 bits per heavy atom. The molecule has 1 N–H and O–H groups in total. The minimum Gasteiger partial charge on any atom is -0.497 e. The predicted molar refractivity (Wildman–Crippen MR) is 117 cm³/mol. The molecule has 2 aliphatic heterocycles. The first-order valence-corrected chi connectivity index (χ1v) is 10.7. The quantitative estimate of drug-likeness (QED) is 0.686. The van der Waals surface area contributed by atoms with Crippen LogP contribution in [0.2, 0.25) is 0 Å². The van der Waals surface area contributed by atoms with Gasteiger partial charge in [-0.2, -0.15) is 18.3 Å². The highest BCUT2D eigenvalue weighted by Gasteiger charge is 2.39. The summed E-state index contributed by atoms with van der Waals surface area (Å²) in [5, 5.41) is 8.37. The molecule has 1 aromatic carbocycles. The van der Waals surface area contributed by atoms with E-state index in [0.717, 1.165) is 18.0 Å². The Bertz CT molecular complexity index is 1110. The lowest BCUT2D eigenvalue weighted by Crippen LogP contribution is -2.52. The maximum atomic E-state index is 13.0. The average Bonchev–Trinajstić information content (AvgIpc) is 3.29. The van der Waals surface area contributed by atoms with Crippen molar-refractivity contribution in [2.75, 3.05) is 33.4 Å². The SMILES string of the molecule is COc1ccc(C2=NN(C(=O)N[C@H](C)c3cnc(C(F)(F)F)nc3)CC2N2CCOCC2=O)cc1. The van der Waals surface area contributed by atoms with Crippen LogP contribution in [0.25, 0.3) is 0 Å². The predicted octanol–water partition coefficient (Wildman–Crippen LogP) is 2.22. The van der Waals surface area contributed by atoms with Crippen molar-refractivity contribution in [1.29, 1.82) is 0 Å². The van der Waals surface area contributed by atoms with Crippen molar-refractivity contribution in [3.05, 3.63) is 53.6 Å². The van der Waals surface area contributed by atoms with Crippen molar-refractivity contribution >= 4 is 17.6 Å². The molecule has 3 amide bonds. The highest BCUT2D eigenvalue weighted by molar-refractivity contribution is 6.08. The minimum atomic E-state index is -4.65. The number of amides is 3. The number of nitrogens with zero attached hydrogens (tertiary/aromatic N) is 5. The monoisotopic (exact) mass is 492 g/mol. The second kappa shape index (κ2) is 9.86. The summed E-state index contributed by atoms with van der Waals surface area (Å²) in [4.78, 5) is 33.8. The van der Waals surface area contributed by atoms with Crippen LogP contribution in [0.3, 0.4) is 0 Å². The Morgan fingerprint density at radius 3 is 2.51 bits per heavy atom. The summed E-state index contributed by atoms with van der Waals surface area (Å²) < 4.78 is 48.6. The minimum absolute atomic E-state index is 0.0520. The molecule has 3 heterocycles. The Hall–Kier alpha value is -3.74. The Kier molecular flexibility index (Phi) is 6.87. The zero-order valence-corrected chi connectivity index (χ0v) is 19.0. The third kappa shape index (κ3) is 5.34. The van der Waals surface area contributed by atoms with E-state index < -0.39 is 30.1 Å². The molecule has 35 heavy (non-hydrogen) atoms. The molecule has 0 saturated carbocycles. The summed E-state index contributed by atoms with van der Waals surface area (Å²) in [6, 6.07) is 5.34. The van der Waals surface area contributed by atoms with E-state index in [-0.39, 0.29) is 19.1 Å². The number of morpholine rings is 1. The number of hydrogen-bond donors (Lipinski definition) is 1. The number of methoxy groups -OCH3 is 1. The molecule has 1 fully saturated rings. The summed E-state index contributed by atoms with van der Waals surface area (Å²) in [7, 11) is 1.55. The molecule has 0 spiro atoms. The van der Waals surface area contributed by atoms with Crippen LogP contribution in [0.4, 0.5) is 18.0 Å². The van der Waals surface area contributed by atoms with E-state index in [9.17, 15) is 22.8 Å². The lowest BCUT2D eigenvalue weighted by molar-refractivity contribution is -0.145. The Morgan fingerprint density at radius 1 is 1.23 bits per heavy atom. The standard InChI is InChI=1S/C22H23F3N6O4/c1-13(15-9-26-20(27-10-15)22(23,24)25)28-21(33)31-11-17(30-7-8-35-12-18(30)32)19(29-31)14-3-5-16(34-2)6-4-14/h3-6,9-10,13,17H,7-8,11-12H2,1-2H3,(H,28,33)/t13-,17?/m1/s1. The fourth-order valence-electron chi connectivity index (χ4n) is 3.78. The smallest absolute Gasteiger partial charge is 0.451 e. The number of benzene rings is 1. The third-order valence-electron chi connectivity index (χ3n) is 5.67. The highest BCUT2D eigenvalue weighted by atomic mass is 19.4.